The van der Waals surface area contributed by atoms with Gasteiger partial charge in [0.15, 0.2) is 0 Å². The first kappa shape index (κ1) is 13.4. The molecule has 0 bridgehead atoms. The van der Waals surface area contributed by atoms with Gasteiger partial charge in [-0.25, -0.2) is 0 Å². The molecular formula is C15H30N2. The van der Waals surface area contributed by atoms with Gasteiger partial charge in [-0.1, -0.05) is 27.7 Å². The first-order valence-corrected chi connectivity index (χ1v) is 7.63. The van der Waals surface area contributed by atoms with Gasteiger partial charge in [-0.05, 0) is 38.0 Å². The Balaban J connectivity index is 2.09. The number of nitrogens with zero attached hydrogens (tertiary/aromatic N) is 1. The van der Waals surface area contributed by atoms with Gasteiger partial charge in [0.1, 0.15) is 0 Å². The van der Waals surface area contributed by atoms with Gasteiger partial charge in [0.25, 0.3) is 0 Å². The highest BCUT2D eigenvalue weighted by Crippen LogP contribution is 2.42. The molecule has 0 aromatic carbocycles. The summed E-state index contributed by atoms with van der Waals surface area (Å²) in [5, 5.41) is 3.75. The molecule has 17 heavy (non-hydrogen) atoms. The lowest BCUT2D eigenvalue weighted by molar-refractivity contribution is -0.0488. The van der Waals surface area contributed by atoms with Crippen molar-refractivity contribution in [1.29, 1.82) is 0 Å². The van der Waals surface area contributed by atoms with Crippen LogP contribution in [0.2, 0.25) is 0 Å². The summed E-state index contributed by atoms with van der Waals surface area (Å²) in [5.41, 5.74) is 0.565. The molecule has 0 spiro atoms. The zero-order chi connectivity index (χ0) is 12.5. The minimum absolute atomic E-state index is 0.565. The Morgan fingerprint density at radius 3 is 2.41 bits per heavy atom. The summed E-state index contributed by atoms with van der Waals surface area (Å²) in [4.78, 5) is 2.87. The quantitative estimate of drug-likeness (QED) is 0.810. The predicted octanol–water partition coefficient (Wildman–Crippen LogP) is 3.03. The maximum absolute atomic E-state index is 3.75. The van der Waals surface area contributed by atoms with Crippen LogP contribution in [-0.2, 0) is 0 Å². The molecule has 100 valence electrons. The molecule has 2 heteroatoms. The Morgan fingerprint density at radius 1 is 1.29 bits per heavy atom. The molecular weight excluding hydrogens is 208 g/mol. The van der Waals surface area contributed by atoms with E-state index in [9.17, 15) is 0 Å². The molecule has 0 radical (unpaired) electrons. The summed E-state index contributed by atoms with van der Waals surface area (Å²) in [6, 6.07) is 1.46. The predicted molar refractivity (Wildman–Crippen MR) is 74.3 cm³/mol. The van der Waals surface area contributed by atoms with E-state index in [-0.39, 0.29) is 0 Å². The Kier molecular flexibility index (Phi) is 4.14. The van der Waals surface area contributed by atoms with Crippen molar-refractivity contribution in [3.8, 4) is 0 Å². The van der Waals surface area contributed by atoms with Crippen LogP contribution in [0.4, 0.5) is 0 Å². The zero-order valence-electron chi connectivity index (χ0n) is 12.1. The van der Waals surface area contributed by atoms with Crippen molar-refractivity contribution in [3.05, 3.63) is 0 Å². The van der Waals surface area contributed by atoms with Crippen LogP contribution in [0.3, 0.4) is 0 Å². The average molecular weight is 238 g/mol. The minimum atomic E-state index is 0.565. The highest BCUT2D eigenvalue weighted by atomic mass is 15.3. The van der Waals surface area contributed by atoms with E-state index < -0.39 is 0 Å². The van der Waals surface area contributed by atoms with Crippen LogP contribution in [0.5, 0.6) is 0 Å². The third-order valence-electron chi connectivity index (χ3n) is 5.28. The molecule has 0 amide bonds. The van der Waals surface area contributed by atoms with Crippen molar-refractivity contribution in [2.45, 2.75) is 77.4 Å². The molecule has 1 saturated heterocycles. The molecule has 1 aliphatic heterocycles. The highest BCUT2D eigenvalue weighted by molar-refractivity contribution is 5.02. The molecule has 2 atom stereocenters. The topological polar surface area (TPSA) is 15.3 Å². The molecule has 1 N–H and O–H groups in total. The van der Waals surface area contributed by atoms with Gasteiger partial charge in [-0.15, -0.1) is 0 Å². The summed E-state index contributed by atoms with van der Waals surface area (Å²) in [7, 11) is 0. The van der Waals surface area contributed by atoms with Crippen molar-refractivity contribution >= 4 is 0 Å². The summed E-state index contributed by atoms with van der Waals surface area (Å²) >= 11 is 0. The molecule has 2 nitrogen and oxygen atoms in total. The molecule has 1 heterocycles. The fraction of sp³-hybridized carbons (Fsp3) is 1.00. The maximum Gasteiger partial charge on any atom is 0.0224 e. The van der Waals surface area contributed by atoms with E-state index >= 15 is 0 Å². The van der Waals surface area contributed by atoms with E-state index in [1.165, 1.54) is 45.2 Å². The van der Waals surface area contributed by atoms with Gasteiger partial charge in [0.05, 0.1) is 0 Å². The van der Waals surface area contributed by atoms with Crippen molar-refractivity contribution < 1.29 is 0 Å². The van der Waals surface area contributed by atoms with Crippen LogP contribution >= 0.6 is 0 Å². The molecule has 1 saturated carbocycles. The molecule has 0 aromatic rings. The summed E-state index contributed by atoms with van der Waals surface area (Å²) in [5.74, 6) is 0.754. The lowest BCUT2D eigenvalue weighted by atomic mass is 9.71. The number of piperazine rings is 1. The van der Waals surface area contributed by atoms with Crippen LogP contribution in [-0.4, -0.2) is 35.6 Å². The van der Waals surface area contributed by atoms with Crippen molar-refractivity contribution in [2.24, 2.45) is 5.92 Å². The van der Waals surface area contributed by atoms with Gasteiger partial charge in [0.2, 0.25) is 0 Å². The second-order valence-corrected chi connectivity index (χ2v) is 6.40. The fourth-order valence-electron chi connectivity index (χ4n) is 3.64. The normalized spacial score (nSPS) is 33.7. The molecule has 2 unspecified atom stereocenters. The maximum atomic E-state index is 3.75. The second-order valence-electron chi connectivity index (χ2n) is 6.40. The number of hydrogen-bond acceptors (Lipinski definition) is 2. The van der Waals surface area contributed by atoms with Gasteiger partial charge in [0, 0.05) is 30.7 Å². The monoisotopic (exact) mass is 238 g/mol. The molecule has 2 aliphatic rings. The number of rotatable bonds is 4. The molecule has 0 aromatic heterocycles. The molecule has 2 rings (SSSR count). The second kappa shape index (κ2) is 5.27. The van der Waals surface area contributed by atoms with Crippen LogP contribution < -0.4 is 5.32 Å². The Bertz CT molecular complexity index is 240. The van der Waals surface area contributed by atoms with Gasteiger partial charge in [-0.2, -0.15) is 0 Å². The van der Waals surface area contributed by atoms with Crippen LogP contribution in [0.15, 0.2) is 0 Å². The SMILES string of the molecule is CCC1CNC(C(C)C)CN1C1(CC)CCC1. The van der Waals surface area contributed by atoms with Gasteiger partial charge >= 0.3 is 0 Å². The smallest absolute Gasteiger partial charge is 0.0224 e. The summed E-state index contributed by atoms with van der Waals surface area (Å²) in [6.07, 6.45) is 6.95. The number of hydrogen-bond donors (Lipinski definition) is 1. The Hall–Kier alpha value is -0.0800. The standard InChI is InChI=1S/C15H30N2/c1-5-13-10-16-14(12(3)4)11-17(13)15(6-2)8-7-9-15/h12-14,16H,5-11H2,1-4H3. The van der Waals surface area contributed by atoms with Crippen LogP contribution in [0, 0.1) is 5.92 Å². The minimum Gasteiger partial charge on any atom is -0.311 e. The van der Waals surface area contributed by atoms with Crippen molar-refractivity contribution in [1.82, 2.24) is 10.2 Å². The van der Waals surface area contributed by atoms with Gasteiger partial charge in [-0.3, -0.25) is 4.90 Å². The zero-order valence-corrected chi connectivity index (χ0v) is 12.1. The lowest BCUT2D eigenvalue weighted by Crippen LogP contribution is -2.67. The van der Waals surface area contributed by atoms with Crippen molar-refractivity contribution in [2.75, 3.05) is 13.1 Å². The third kappa shape index (κ3) is 2.39. The molecule has 1 aliphatic carbocycles. The highest BCUT2D eigenvalue weighted by Gasteiger charge is 2.45. The fourth-order valence-corrected chi connectivity index (χ4v) is 3.64. The van der Waals surface area contributed by atoms with E-state index in [1.54, 1.807) is 0 Å². The average Bonchev–Trinajstić information content (AvgIpc) is 2.28. The van der Waals surface area contributed by atoms with Crippen LogP contribution in [0.1, 0.15) is 59.8 Å². The number of nitrogens with one attached hydrogen (secondary N) is 1. The Labute approximate surface area is 107 Å². The van der Waals surface area contributed by atoms with E-state index in [0.29, 0.717) is 11.6 Å². The largest absolute Gasteiger partial charge is 0.311 e. The van der Waals surface area contributed by atoms with Crippen molar-refractivity contribution in [3.63, 3.8) is 0 Å². The van der Waals surface area contributed by atoms with Crippen LogP contribution in [0.25, 0.3) is 0 Å². The Morgan fingerprint density at radius 2 is 2.00 bits per heavy atom. The van der Waals surface area contributed by atoms with Gasteiger partial charge < -0.3 is 5.32 Å². The lowest BCUT2D eigenvalue weighted by Gasteiger charge is -2.57. The summed E-state index contributed by atoms with van der Waals surface area (Å²) < 4.78 is 0. The van der Waals surface area contributed by atoms with E-state index in [0.717, 1.165) is 12.0 Å². The van der Waals surface area contributed by atoms with E-state index in [2.05, 4.69) is 37.9 Å². The van der Waals surface area contributed by atoms with E-state index in [4.69, 9.17) is 0 Å². The first-order valence-electron chi connectivity index (χ1n) is 7.63. The molecule has 2 fully saturated rings. The third-order valence-corrected chi connectivity index (χ3v) is 5.28. The first-order chi connectivity index (χ1) is 8.13. The van der Waals surface area contributed by atoms with E-state index in [1.807, 2.05) is 0 Å². The summed E-state index contributed by atoms with van der Waals surface area (Å²) in [6.45, 7) is 11.9.